The van der Waals surface area contributed by atoms with Gasteiger partial charge in [-0.3, -0.25) is 14.7 Å². The molecule has 1 saturated carbocycles. The summed E-state index contributed by atoms with van der Waals surface area (Å²) >= 11 is 1.51. The summed E-state index contributed by atoms with van der Waals surface area (Å²) in [5.74, 6) is 1.06. The first kappa shape index (κ1) is 15.3. The standard InChI is InChI=1S/C14H21N5O2S/c20-12(15-6-8-22-14-16-9-17-18-14)11-3-1-2-7-19(11)13(21)10-4-5-10/h9-11H,1-8H2,(H,15,20)(H,16,17,18)/t11-/m1/s1. The first-order valence-electron chi connectivity index (χ1n) is 7.82. The van der Waals surface area contributed by atoms with E-state index >= 15 is 0 Å². The first-order chi connectivity index (χ1) is 10.8. The number of nitrogens with zero attached hydrogens (tertiary/aromatic N) is 3. The lowest BCUT2D eigenvalue weighted by Gasteiger charge is -2.34. The molecule has 1 aromatic rings. The summed E-state index contributed by atoms with van der Waals surface area (Å²) in [6, 6.07) is -0.280. The number of thioether (sulfide) groups is 1. The number of carbonyl (C=O) groups excluding carboxylic acids is 2. The molecule has 120 valence electrons. The molecule has 2 aliphatic rings. The number of rotatable bonds is 6. The van der Waals surface area contributed by atoms with E-state index < -0.39 is 0 Å². The Balaban J connectivity index is 1.45. The third kappa shape index (κ3) is 3.79. The monoisotopic (exact) mass is 323 g/mol. The van der Waals surface area contributed by atoms with Gasteiger partial charge in [0.05, 0.1) is 0 Å². The second-order valence-electron chi connectivity index (χ2n) is 5.75. The maximum atomic E-state index is 12.4. The molecule has 0 aromatic carbocycles. The molecule has 0 bridgehead atoms. The van der Waals surface area contributed by atoms with Crippen LogP contribution in [0.3, 0.4) is 0 Å². The summed E-state index contributed by atoms with van der Waals surface area (Å²) in [5.41, 5.74) is 0. The highest BCUT2D eigenvalue weighted by atomic mass is 32.2. The first-order valence-corrected chi connectivity index (χ1v) is 8.80. The van der Waals surface area contributed by atoms with Gasteiger partial charge >= 0.3 is 0 Å². The van der Waals surface area contributed by atoms with Crippen LogP contribution in [0.1, 0.15) is 32.1 Å². The van der Waals surface area contributed by atoms with Crippen LogP contribution in [0.25, 0.3) is 0 Å². The largest absolute Gasteiger partial charge is 0.353 e. The summed E-state index contributed by atoms with van der Waals surface area (Å²) in [6.45, 7) is 1.28. The molecule has 0 radical (unpaired) electrons. The Morgan fingerprint density at radius 3 is 2.95 bits per heavy atom. The summed E-state index contributed by atoms with van der Waals surface area (Å²) in [7, 11) is 0. The van der Waals surface area contributed by atoms with E-state index in [1.54, 1.807) is 4.90 Å². The van der Waals surface area contributed by atoms with Crippen molar-refractivity contribution in [1.82, 2.24) is 25.4 Å². The smallest absolute Gasteiger partial charge is 0.242 e. The van der Waals surface area contributed by atoms with Crippen LogP contribution in [-0.4, -0.2) is 56.8 Å². The van der Waals surface area contributed by atoms with E-state index in [2.05, 4.69) is 20.5 Å². The van der Waals surface area contributed by atoms with Gasteiger partial charge in [0.25, 0.3) is 0 Å². The molecular formula is C14H21N5O2S. The van der Waals surface area contributed by atoms with Crippen molar-refractivity contribution < 1.29 is 9.59 Å². The number of piperidine rings is 1. The maximum Gasteiger partial charge on any atom is 0.242 e. The van der Waals surface area contributed by atoms with Crippen LogP contribution in [0.2, 0.25) is 0 Å². The quantitative estimate of drug-likeness (QED) is 0.597. The molecule has 1 saturated heterocycles. The lowest BCUT2D eigenvalue weighted by Crippen LogP contribution is -2.52. The van der Waals surface area contributed by atoms with Crippen LogP contribution in [0.15, 0.2) is 11.5 Å². The molecule has 0 spiro atoms. The van der Waals surface area contributed by atoms with Crippen molar-refractivity contribution in [3.63, 3.8) is 0 Å². The van der Waals surface area contributed by atoms with Crippen molar-refractivity contribution in [3.05, 3.63) is 6.33 Å². The summed E-state index contributed by atoms with van der Waals surface area (Å²) in [4.78, 5) is 30.5. The number of amides is 2. The molecule has 7 nitrogen and oxygen atoms in total. The second-order valence-corrected chi connectivity index (χ2v) is 6.83. The zero-order valence-corrected chi connectivity index (χ0v) is 13.3. The Morgan fingerprint density at radius 2 is 2.23 bits per heavy atom. The molecule has 2 fully saturated rings. The molecule has 2 N–H and O–H groups in total. The van der Waals surface area contributed by atoms with E-state index in [1.807, 2.05) is 0 Å². The van der Waals surface area contributed by atoms with Crippen LogP contribution in [-0.2, 0) is 9.59 Å². The molecule has 2 heterocycles. The fraction of sp³-hybridized carbons (Fsp3) is 0.714. The number of aromatic nitrogens is 3. The van der Waals surface area contributed by atoms with Gasteiger partial charge < -0.3 is 10.2 Å². The molecule has 8 heteroatoms. The van der Waals surface area contributed by atoms with E-state index in [0.717, 1.165) is 49.6 Å². The number of hydrogen-bond acceptors (Lipinski definition) is 5. The van der Waals surface area contributed by atoms with Crippen molar-refractivity contribution in [3.8, 4) is 0 Å². The van der Waals surface area contributed by atoms with Crippen LogP contribution >= 0.6 is 11.8 Å². The van der Waals surface area contributed by atoms with Gasteiger partial charge in [-0.2, -0.15) is 5.10 Å². The van der Waals surface area contributed by atoms with Gasteiger partial charge in [-0.25, -0.2) is 4.98 Å². The third-order valence-electron chi connectivity index (χ3n) is 4.05. The zero-order chi connectivity index (χ0) is 15.4. The average molecular weight is 323 g/mol. The predicted molar refractivity (Wildman–Crippen MR) is 82.2 cm³/mol. The Morgan fingerprint density at radius 1 is 1.36 bits per heavy atom. The van der Waals surface area contributed by atoms with Gasteiger partial charge in [-0.05, 0) is 32.1 Å². The Bertz CT molecular complexity index is 517. The Kier molecular flexibility index (Phi) is 4.97. The Hall–Kier alpha value is -1.57. The highest BCUT2D eigenvalue weighted by molar-refractivity contribution is 7.99. The summed E-state index contributed by atoms with van der Waals surface area (Å²) in [6.07, 6.45) is 6.22. The Labute approximate surface area is 133 Å². The molecule has 2 amide bonds. The minimum atomic E-state index is -0.280. The molecule has 0 unspecified atom stereocenters. The molecule has 1 atom stereocenters. The minimum absolute atomic E-state index is 0.0214. The lowest BCUT2D eigenvalue weighted by atomic mass is 10.0. The topological polar surface area (TPSA) is 91.0 Å². The van der Waals surface area contributed by atoms with Crippen LogP contribution in [0, 0.1) is 5.92 Å². The van der Waals surface area contributed by atoms with E-state index in [4.69, 9.17) is 0 Å². The van der Waals surface area contributed by atoms with Crippen molar-refractivity contribution >= 4 is 23.6 Å². The van der Waals surface area contributed by atoms with Gasteiger partial charge in [0.1, 0.15) is 12.4 Å². The van der Waals surface area contributed by atoms with Crippen molar-refractivity contribution in [1.29, 1.82) is 0 Å². The van der Waals surface area contributed by atoms with Crippen molar-refractivity contribution in [2.45, 2.75) is 43.3 Å². The summed E-state index contributed by atoms with van der Waals surface area (Å²) < 4.78 is 0. The van der Waals surface area contributed by atoms with E-state index in [0.29, 0.717) is 6.54 Å². The normalized spacial score (nSPS) is 21.6. The third-order valence-corrected chi connectivity index (χ3v) is 4.93. The fourth-order valence-electron chi connectivity index (χ4n) is 2.74. The lowest BCUT2D eigenvalue weighted by molar-refractivity contribution is -0.143. The molecule has 1 aromatic heterocycles. The number of nitrogens with one attached hydrogen (secondary N) is 2. The van der Waals surface area contributed by atoms with Gasteiger partial charge in [0.15, 0.2) is 5.16 Å². The van der Waals surface area contributed by atoms with Gasteiger partial charge in [-0.15, -0.1) is 0 Å². The van der Waals surface area contributed by atoms with Crippen molar-refractivity contribution in [2.24, 2.45) is 5.92 Å². The maximum absolute atomic E-state index is 12.4. The number of aromatic amines is 1. The highest BCUT2D eigenvalue weighted by Gasteiger charge is 2.39. The van der Waals surface area contributed by atoms with E-state index in [1.165, 1.54) is 18.1 Å². The van der Waals surface area contributed by atoms with Crippen LogP contribution in [0.4, 0.5) is 0 Å². The molecule has 22 heavy (non-hydrogen) atoms. The molecule has 1 aliphatic heterocycles. The molecular weight excluding hydrogens is 302 g/mol. The number of hydrogen-bond donors (Lipinski definition) is 2. The fourth-order valence-corrected chi connectivity index (χ4v) is 3.37. The van der Waals surface area contributed by atoms with Gasteiger partial charge in [-0.1, -0.05) is 11.8 Å². The van der Waals surface area contributed by atoms with Crippen LogP contribution < -0.4 is 5.32 Å². The number of carbonyl (C=O) groups is 2. The van der Waals surface area contributed by atoms with Gasteiger partial charge in [0.2, 0.25) is 11.8 Å². The highest BCUT2D eigenvalue weighted by Crippen LogP contribution is 2.33. The van der Waals surface area contributed by atoms with E-state index in [9.17, 15) is 9.59 Å². The number of likely N-dealkylation sites (tertiary alicyclic amines) is 1. The summed E-state index contributed by atoms with van der Waals surface area (Å²) in [5, 5.41) is 10.2. The van der Waals surface area contributed by atoms with Crippen molar-refractivity contribution in [2.75, 3.05) is 18.8 Å². The van der Waals surface area contributed by atoms with Crippen LogP contribution in [0.5, 0.6) is 0 Å². The second kappa shape index (κ2) is 7.13. The average Bonchev–Trinajstić information content (AvgIpc) is 3.27. The zero-order valence-electron chi connectivity index (χ0n) is 12.5. The minimum Gasteiger partial charge on any atom is -0.353 e. The molecule has 1 aliphatic carbocycles. The molecule has 3 rings (SSSR count). The predicted octanol–water partition coefficient (Wildman–Crippen LogP) is 0.804. The van der Waals surface area contributed by atoms with Gasteiger partial charge in [0, 0.05) is 24.8 Å². The number of H-pyrrole nitrogens is 1. The SMILES string of the molecule is O=C(NCCSc1ncn[nH]1)[C@H]1CCCCN1C(=O)C1CC1. The van der Waals surface area contributed by atoms with E-state index in [-0.39, 0.29) is 23.8 Å².